The van der Waals surface area contributed by atoms with Crippen LogP contribution in [0, 0.1) is 0 Å². The maximum atomic E-state index is 12.7. The SMILES string of the molecule is CCOc1cc(CN(C)C(=O)/C(C)=C(/N=C(C)C)NC=O)cc(OC)c1. The molecule has 142 valence electrons. The molecule has 0 aliphatic rings. The van der Waals surface area contributed by atoms with Crippen molar-refractivity contribution in [2.24, 2.45) is 4.99 Å². The summed E-state index contributed by atoms with van der Waals surface area (Å²) in [6.07, 6.45) is 0.509. The van der Waals surface area contributed by atoms with Gasteiger partial charge in [0, 0.05) is 25.4 Å². The van der Waals surface area contributed by atoms with Gasteiger partial charge in [0.2, 0.25) is 6.41 Å². The maximum absolute atomic E-state index is 12.7. The lowest BCUT2D eigenvalue weighted by Gasteiger charge is -2.19. The fourth-order valence-electron chi connectivity index (χ4n) is 2.33. The second kappa shape index (κ2) is 10.2. The van der Waals surface area contributed by atoms with Crippen molar-refractivity contribution >= 4 is 18.0 Å². The zero-order chi connectivity index (χ0) is 19.7. The fourth-order valence-corrected chi connectivity index (χ4v) is 2.33. The van der Waals surface area contributed by atoms with Gasteiger partial charge in [0.05, 0.1) is 19.3 Å². The first-order valence-electron chi connectivity index (χ1n) is 8.31. The van der Waals surface area contributed by atoms with Crippen LogP contribution >= 0.6 is 0 Å². The third kappa shape index (κ3) is 6.23. The zero-order valence-corrected chi connectivity index (χ0v) is 16.3. The van der Waals surface area contributed by atoms with E-state index in [4.69, 9.17) is 9.47 Å². The predicted molar refractivity (Wildman–Crippen MR) is 101 cm³/mol. The largest absolute Gasteiger partial charge is 0.497 e. The third-order valence-corrected chi connectivity index (χ3v) is 3.46. The van der Waals surface area contributed by atoms with E-state index in [1.165, 1.54) is 0 Å². The summed E-state index contributed by atoms with van der Waals surface area (Å²) in [5.41, 5.74) is 1.96. The molecule has 1 aromatic rings. The van der Waals surface area contributed by atoms with E-state index in [9.17, 15) is 9.59 Å². The number of amides is 2. The molecule has 0 saturated heterocycles. The van der Waals surface area contributed by atoms with Crippen molar-refractivity contribution < 1.29 is 19.1 Å². The van der Waals surface area contributed by atoms with Crippen molar-refractivity contribution in [2.45, 2.75) is 34.2 Å². The number of carbonyl (C=O) groups excluding carboxylic acids is 2. The van der Waals surface area contributed by atoms with Gasteiger partial charge in [-0.25, -0.2) is 4.99 Å². The second-order valence-electron chi connectivity index (χ2n) is 5.91. The highest BCUT2D eigenvalue weighted by molar-refractivity contribution is 5.94. The summed E-state index contributed by atoms with van der Waals surface area (Å²) < 4.78 is 10.8. The molecule has 0 aromatic heterocycles. The number of methoxy groups -OCH3 is 1. The summed E-state index contributed by atoms with van der Waals surface area (Å²) in [4.78, 5) is 29.2. The molecule has 1 aromatic carbocycles. The van der Waals surface area contributed by atoms with Crippen LogP contribution < -0.4 is 14.8 Å². The molecular formula is C19H27N3O4. The van der Waals surface area contributed by atoms with Crippen molar-refractivity contribution in [3.63, 3.8) is 0 Å². The summed E-state index contributed by atoms with van der Waals surface area (Å²) >= 11 is 0. The van der Waals surface area contributed by atoms with Crippen molar-refractivity contribution in [1.82, 2.24) is 10.2 Å². The molecule has 7 heteroatoms. The van der Waals surface area contributed by atoms with Gasteiger partial charge in [-0.2, -0.15) is 0 Å². The summed E-state index contributed by atoms with van der Waals surface area (Å²) in [5, 5.41) is 2.48. The fraction of sp³-hybridized carbons (Fsp3) is 0.421. The number of hydrogen-bond acceptors (Lipinski definition) is 5. The van der Waals surface area contributed by atoms with Crippen molar-refractivity contribution in [1.29, 1.82) is 0 Å². The van der Waals surface area contributed by atoms with Crippen LogP contribution in [0.25, 0.3) is 0 Å². The number of aliphatic imine (C=N–C) groups is 1. The molecule has 0 radical (unpaired) electrons. The molecule has 0 fully saturated rings. The van der Waals surface area contributed by atoms with Gasteiger partial charge in [-0.3, -0.25) is 9.59 Å². The first kappa shape index (κ1) is 21.2. The zero-order valence-electron chi connectivity index (χ0n) is 16.3. The monoisotopic (exact) mass is 361 g/mol. The summed E-state index contributed by atoms with van der Waals surface area (Å²) in [6, 6.07) is 5.52. The number of ether oxygens (including phenoxy) is 2. The number of likely N-dealkylation sites (N-methyl/N-ethyl adjacent to an activating group) is 1. The van der Waals surface area contributed by atoms with Gasteiger partial charge in [-0.15, -0.1) is 0 Å². The Balaban J connectivity index is 3.06. The quantitative estimate of drug-likeness (QED) is 0.416. The van der Waals surface area contributed by atoms with Crippen LogP contribution in [0.5, 0.6) is 11.5 Å². The number of nitrogens with one attached hydrogen (secondary N) is 1. The van der Waals surface area contributed by atoms with Crippen LogP contribution in [-0.4, -0.2) is 43.7 Å². The molecule has 0 heterocycles. The highest BCUT2D eigenvalue weighted by atomic mass is 16.5. The first-order chi connectivity index (χ1) is 12.3. The second-order valence-corrected chi connectivity index (χ2v) is 5.91. The van der Waals surface area contributed by atoms with Crippen LogP contribution in [0.4, 0.5) is 0 Å². The lowest BCUT2D eigenvalue weighted by atomic mass is 10.1. The van der Waals surface area contributed by atoms with Crippen LogP contribution in [0.2, 0.25) is 0 Å². The first-order valence-corrected chi connectivity index (χ1v) is 8.31. The van der Waals surface area contributed by atoms with Gasteiger partial charge in [-0.05, 0) is 45.4 Å². The van der Waals surface area contributed by atoms with E-state index in [-0.39, 0.29) is 11.7 Å². The van der Waals surface area contributed by atoms with Gasteiger partial charge in [0.15, 0.2) is 0 Å². The summed E-state index contributed by atoms with van der Waals surface area (Å²) in [7, 11) is 3.27. The third-order valence-electron chi connectivity index (χ3n) is 3.46. The smallest absolute Gasteiger partial charge is 0.253 e. The number of carbonyl (C=O) groups is 2. The van der Waals surface area contributed by atoms with Crippen LogP contribution in [0.15, 0.2) is 34.6 Å². The van der Waals surface area contributed by atoms with Gasteiger partial charge >= 0.3 is 0 Å². The highest BCUT2D eigenvalue weighted by Gasteiger charge is 2.16. The predicted octanol–water partition coefficient (Wildman–Crippen LogP) is 2.51. The normalized spacial score (nSPS) is 11.2. The number of nitrogens with zero attached hydrogens (tertiary/aromatic N) is 2. The van der Waals surface area contributed by atoms with Crippen LogP contribution in [0.1, 0.15) is 33.3 Å². The Labute approximate surface area is 154 Å². The van der Waals surface area contributed by atoms with Crippen LogP contribution in [0.3, 0.4) is 0 Å². The Morgan fingerprint density at radius 2 is 1.88 bits per heavy atom. The average molecular weight is 361 g/mol. The lowest BCUT2D eigenvalue weighted by molar-refractivity contribution is -0.126. The van der Waals surface area contributed by atoms with Crippen molar-refractivity contribution in [3.8, 4) is 11.5 Å². The summed E-state index contributed by atoms with van der Waals surface area (Å²) in [6.45, 7) is 8.02. The van der Waals surface area contributed by atoms with E-state index in [2.05, 4.69) is 10.3 Å². The van der Waals surface area contributed by atoms with Gasteiger partial charge < -0.3 is 19.7 Å². The minimum absolute atomic E-state index is 0.236. The van der Waals surface area contributed by atoms with Gasteiger partial charge in [0.1, 0.15) is 17.3 Å². The number of benzene rings is 1. The molecule has 1 N–H and O–H groups in total. The highest BCUT2D eigenvalue weighted by Crippen LogP contribution is 2.24. The van der Waals surface area contributed by atoms with Crippen LogP contribution in [-0.2, 0) is 16.1 Å². The molecule has 26 heavy (non-hydrogen) atoms. The minimum atomic E-state index is -0.236. The van der Waals surface area contributed by atoms with E-state index >= 15 is 0 Å². The maximum Gasteiger partial charge on any atom is 0.253 e. The topological polar surface area (TPSA) is 80.2 Å². The molecule has 0 spiro atoms. The number of hydrogen-bond donors (Lipinski definition) is 1. The van der Waals surface area contributed by atoms with Gasteiger partial charge in [0.25, 0.3) is 5.91 Å². The summed E-state index contributed by atoms with van der Waals surface area (Å²) in [5.74, 6) is 1.36. The van der Waals surface area contributed by atoms with E-state index in [1.54, 1.807) is 45.9 Å². The number of rotatable bonds is 9. The Hall–Kier alpha value is -2.83. The molecule has 0 bridgehead atoms. The molecule has 0 saturated carbocycles. The molecule has 0 aliphatic carbocycles. The standard InChI is InChI=1S/C19H27N3O4/c1-7-26-17-9-15(8-16(10-17)25-6)11-22(5)19(24)14(4)18(20-12-23)21-13(2)3/h8-10,12H,7,11H2,1-6H3,(H,20,23)/b18-14+. The lowest BCUT2D eigenvalue weighted by Crippen LogP contribution is -2.29. The Morgan fingerprint density at radius 1 is 1.23 bits per heavy atom. The molecule has 0 atom stereocenters. The Bertz CT molecular complexity index is 707. The van der Waals surface area contributed by atoms with E-state index in [0.717, 1.165) is 11.3 Å². The Morgan fingerprint density at radius 3 is 2.42 bits per heavy atom. The van der Waals surface area contributed by atoms with E-state index in [0.29, 0.717) is 36.6 Å². The molecule has 0 unspecified atom stereocenters. The molecule has 0 aliphatic heterocycles. The minimum Gasteiger partial charge on any atom is -0.497 e. The van der Waals surface area contributed by atoms with E-state index < -0.39 is 0 Å². The van der Waals surface area contributed by atoms with Crippen molar-refractivity contribution in [2.75, 3.05) is 20.8 Å². The van der Waals surface area contributed by atoms with Crippen molar-refractivity contribution in [3.05, 3.63) is 35.2 Å². The molecule has 7 nitrogen and oxygen atoms in total. The molecule has 2 amide bonds. The average Bonchev–Trinajstić information content (AvgIpc) is 2.59. The Kier molecular flexibility index (Phi) is 8.34. The molecule has 1 rings (SSSR count). The molecular weight excluding hydrogens is 334 g/mol. The van der Waals surface area contributed by atoms with E-state index in [1.807, 2.05) is 19.1 Å². The van der Waals surface area contributed by atoms with Gasteiger partial charge in [-0.1, -0.05) is 0 Å².